The maximum absolute atomic E-state index is 12.6. The first-order chi connectivity index (χ1) is 10.2. The topological polar surface area (TPSA) is 74.8 Å². The van der Waals surface area contributed by atoms with Crippen LogP contribution in [0.4, 0.5) is 0 Å². The van der Waals surface area contributed by atoms with Crippen molar-refractivity contribution in [2.24, 2.45) is 0 Å². The van der Waals surface area contributed by atoms with Crippen molar-refractivity contribution in [2.75, 3.05) is 32.4 Å². The number of nitrogens with zero attached hydrogens (tertiary/aromatic N) is 2. The molecule has 0 aromatic heterocycles. The standard InChI is InChI=1S/C14H22N2O4S2/c1-13-6-3-4-7-14(13)12-22(19,20)16-9-5-8-15(10-11-16)21(2,17)18/h3-4,6-7H,5,8-12H2,1-2H3. The predicted octanol–water partition coefficient (Wildman–Crippen LogP) is 0.792. The summed E-state index contributed by atoms with van der Waals surface area (Å²) < 4.78 is 51.1. The van der Waals surface area contributed by atoms with Crippen LogP contribution in [0.1, 0.15) is 17.5 Å². The van der Waals surface area contributed by atoms with Crippen molar-refractivity contribution in [3.63, 3.8) is 0 Å². The van der Waals surface area contributed by atoms with E-state index in [1.54, 1.807) is 0 Å². The zero-order valence-corrected chi connectivity index (χ0v) is 14.5. The summed E-state index contributed by atoms with van der Waals surface area (Å²) in [6.07, 6.45) is 1.67. The molecular weight excluding hydrogens is 324 g/mol. The Morgan fingerprint density at radius 3 is 2.18 bits per heavy atom. The Hall–Kier alpha value is -0.960. The number of sulfonamides is 2. The second kappa shape index (κ2) is 6.66. The number of rotatable bonds is 4. The minimum atomic E-state index is -3.44. The van der Waals surface area contributed by atoms with Crippen molar-refractivity contribution >= 4 is 20.0 Å². The van der Waals surface area contributed by atoms with Gasteiger partial charge in [-0.3, -0.25) is 0 Å². The van der Waals surface area contributed by atoms with Crippen molar-refractivity contribution < 1.29 is 16.8 Å². The molecular formula is C14H22N2O4S2. The average molecular weight is 346 g/mol. The Bertz CT molecular complexity index is 729. The molecule has 22 heavy (non-hydrogen) atoms. The molecule has 0 amide bonds. The molecule has 0 bridgehead atoms. The second-order valence-electron chi connectivity index (χ2n) is 5.60. The fourth-order valence-electron chi connectivity index (χ4n) is 2.54. The van der Waals surface area contributed by atoms with Crippen molar-refractivity contribution in [3.8, 4) is 0 Å². The third-order valence-corrected chi connectivity index (χ3v) is 7.01. The van der Waals surface area contributed by atoms with Gasteiger partial charge in [-0.05, 0) is 24.5 Å². The number of hydrogen-bond donors (Lipinski definition) is 0. The van der Waals surface area contributed by atoms with E-state index in [1.807, 2.05) is 31.2 Å². The summed E-state index contributed by atoms with van der Waals surface area (Å²) in [7, 11) is -6.71. The first-order valence-electron chi connectivity index (χ1n) is 7.17. The van der Waals surface area contributed by atoms with Crippen molar-refractivity contribution in [1.29, 1.82) is 0 Å². The van der Waals surface area contributed by atoms with Crippen LogP contribution < -0.4 is 0 Å². The number of benzene rings is 1. The summed E-state index contributed by atoms with van der Waals surface area (Å²) in [5.74, 6) is -0.0431. The fraction of sp³-hybridized carbons (Fsp3) is 0.571. The van der Waals surface area contributed by atoms with Crippen LogP contribution in [-0.2, 0) is 25.8 Å². The molecule has 1 fully saturated rings. The molecule has 1 aromatic carbocycles. The van der Waals surface area contributed by atoms with Gasteiger partial charge in [-0.25, -0.2) is 25.4 Å². The van der Waals surface area contributed by atoms with Gasteiger partial charge in [0.15, 0.2) is 0 Å². The molecule has 8 heteroatoms. The lowest BCUT2D eigenvalue weighted by atomic mass is 10.1. The van der Waals surface area contributed by atoms with Crippen molar-refractivity contribution in [2.45, 2.75) is 19.1 Å². The molecule has 124 valence electrons. The van der Waals surface area contributed by atoms with Gasteiger partial charge in [0.1, 0.15) is 0 Å². The SMILES string of the molecule is Cc1ccccc1CS(=O)(=O)N1CCCN(S(C)(=O)=O)CC1. The molecule has 2 rings (SSSR count). The van der Waals surface area contributed by atoms with Crippen LogP contribution in [0.2, 0.25) is 0 Å². The van der Waals surface area contributed by atoms with Gasteiger partial charge in [-0.2, -0.15) is 0 Å². The molecule has 1 aliphatic heterocycles. The molecule has 1 heterocycles. The van der Waals surface area contributed by atoms with Gasteiger partial charge in [0.05, 0.1) is 12.0 Å². The van der Waals surface area contributed by atoms with Gasteiger partial charge in [0.2, 0.25) is 20.0 Å². The van der Waals surface area contributed by atoms with Gasteiger partial charge in [0, 0.05) is 26.2 Å². The normalized spacial score (nSPS) is 19.0. The zero-order valence-electron chi connectivity index (χ0n) is 12.9. The van der Waals surface area contributed by atoms with E-state index in [-0.39, 0.29) is 18.8 Å². The highest BCUT2D eigenvalue weighted by atomic mass is 32.2. The van der Waals surface area contributed by atoms with E-state index < -0.39 is 20.0 Å². The van der Waals surface area contributed by atoms with Crippen LogP contribution in [-0.4, -0.2) is 57.9 Å². The van der Waals surface area contributed by atoms with Gasteiger partial charge < -0.3 is 0 Å². The van der Waals surface area contributed by atoms with E-state index in [4.69, 9.17) is 0 Å². The monoisotopic (exact) mass is 346 g/mol. The maximum atomic E-state index is 12.6. The number of hydrogen-bond acceptors (Lipinski definition) is 4. The average Bonchev–Trinajstić information content (AvgIpc) is 2.67. The maximum Gasteiger partial charge on any atom is 0.218 e. The quantitative estimate of drug-likeness (QED) is 0.808. The van der Waals surface area contributed by atoms with Crippen LogP contribution in [0.5, 0.6) is 0 Å². The molecule has 0 aliphatic carbocycles. The van der Waals surface area contributed by atoms with Crippen molar-refractivity contribution in [3.05, 3.63) is 35.4 Å². The molecule has 0 saturated carbocycles. The summed E-state index contributed by atoms with van der Waals surface area (Å²) in [5, 5.41) is 0. The minimum absolute atomic E-state index is 0.0431. The van der Waals surface area contributed by atoms with Crippen LogP contribution in [0, 0.1) is 6.92 Å². The third-order valence-electron chi connectivity index (χ3n) is 3.88. The fourth-order valence-corrected chi connectivity index (χ4v) is 5.08. The van der Waals surface area contributed by atoms with Crippen LogP contribution in [0.25, 0.3) is 0 Å². The minimum Gasteiger partial charge on any atom is -0.213 e. The lowest BCUT2D eigenvalue weighted by Crippen LogP contribution is -2.37. The second-order valence-corrected chi connectivity index (χ2v) is 9.55. The Balaban J connectivity index is 2.12. The first-order valence-corrected chi connectivity index (χ1v) is 10.6. The molecule has 0 unspecified atom stereocenters. The largest absolute Gasteiger partial charge is 0.218 e. The van der Waals surface area contributed by atoms with Crippen LogP contribution in [0.15, 0.2) is 24.3 Å². The van der Waals surface area contributed by atoms with E-state index in [9.17, 15) is 16.8 Å². The van der Waals surface area contributed by atoms with Gasteiger partial charge in [-0.15, -0.1) is 0 Å². The lowest BCUT2D eigenvalue weighted by Gasteiger charge is -2.21. The first kappa shape index (κ1) is 17.4. The van der Waals surface area contributed by atoms with E-state index >= 15 is 0 Å². The Labute approximate surface area is 132 Å². The van der Waals surface area contributed by atoms with E-state index in [0.717, 1.165) is 17.4 Å². The highest BCUT2D eigenvalue weighted by Crippen LogP contribution is 2.17. The predicted molar refractivity (Wildman–Crippen MR) is 86.4 cm³/mol. The molecule has 1 saturated heterocycles. The molecule has 0 radical (unpaired) electrons. The van der Waals surface area contributed by atoms with E-state index in [2.05, 4.69) is 0 Å². The zero-order chi connectivity index (χ0) is 16.4. The Morgan fingerprint density at radius 2 is 1.55 bits per heavy atom. The summed E-state index contributed by atoms with van der Waals surface area (Å²) in [4.78, 5) is 0. The highest BCUT2D eigenvalue weighted by Gasteiger charge is 2.28. The smallest absolute Gasteiger partial charge is 0.213 e. The van der Waals surface area contributed by atoms with E-state index in [1.165, 1.54) is 8.61 Å². The Kier molecular flexibility index (Phi) is 5.26. The van der Waals surface area contributed by atoms with Gasteiger partial charge in [-0.1, -0.05) is 24.3 Å². The summed E-state index contributed by atoms with van der Waals surface area (Å²) >= 11 is 0. The molecule has 1 aliphatic rings. The third kappa shape index (κ3) is 4.28. The molecule has 6 nitrogen and oxygen atoms in total. The molecule has 1 aromatic rings. The summed E-state index contributed by atoms with van der Waals surface area (Å²) in [6.45, 7) is 3.04. The van der Waals surface area contributed by atoms with Crippen LogP contribution >= 0.6 is 0 Å². The molecule has 0 atom stereocenters. The Morgan fingerprint density at radius 1 is 0.955 bits per heavy atom. The number of aryl methyl sites for hydroxylation is 1. The van der Waals surface area contributed by atoms with Gasteiger partial charge in [0.25, 0.3) is 0 Å². The van der Waals surface area contributed by atoms with Gasteiger partial charge >= 0.3 is 0 Å². The summed E-state index contributed by atoms with van der Waals surface area (Å²) in [6, 6.07) is 7.40. The summed E-state index contributed by atoms with van der Waals surface area (Å²) in [5.41, 5.74) is 1.73. The lowest BCUT2D eigenvalue weighted by molar-refractivity contribution is 0.406. The molecule has 0 spiro atoms. The van der Waals surface area contributed by atoms with Crippen LogP contribution in [0.3, 0.4) is 0 Å². The van der Waals surface area contributed by atoms with E-state index in [0.29, 0.717) is 19.5 Å². The van der Waals surface area contributed by atoms with Crippen molar-refractivity contribution in [1.82, 2.24) is 8.61 Å². The highest BCUT2D eigenvalue weighted by molar-refractivity contribution is 7.88. The molecule has 0 N–H and O–H groups in total.